The van der Waals surface area contributed by atoms with Crippen molar-refractivity contribution in [3.05, 3.63) is 43.0 Å². The van der Waals surface area contributed by atoms with Crippen LogP contribution in [0.5, 0.6) is 5.75 Å². The molecule has 0 atom stereocenters. The Morgan fingerprint density at radius 1 is 1.17 bits per heavy atom. The quantitative estimate of drug-likeness (QED) is 0.676. The number of nitrogens with one attached hydrogen (secondary N) is 1. The van der Waals surface area contributed by atoms with E-state index in [1.54, 1.807) is 36.8 Å². The van der Waals surface area contributed by atoms with Crippen molar-refractivity contribution in [1.82, 2.24) is 14.3 Å². The average Bonchev–Trinajstić information content (AvgIpc) is 3.05. The SMILES string of the molecule is CCOc1ccc(S(=O)(=O)NCCCCCn2ccnc2)cc1. The highest BCUT2D eigenvalue weighted by Crippen LogP contribution is 2.15. The van der Waals surface area contributed by atoms with Crippen molar-refractivity contribution in [3.63, 3.8) is 0 Å². The molecule has 1 aromatic heterocycles. The van der Waals surface area contributed by atoms with Gasteiger partial charge in [-0.15, -0.1) is 0 Å². The van der Waals surface area contributed by atoms with E-state index in [0.717, 1.165) is 25.8 Å². The number of unbranched alkanes of at least 4 members (excludes halogenated alkanes) is 2. The van der Waals surface area contributed by atoms with Crippen molar-refractivity contribution in [3.8, 4) is 5.75 Å². The summed E-state index contributed by atoms with van der Waals surface area (Å²) in [5.41, 5.74) is 0. The first kappa shape index (κ1) is 17.5. The van der Waals surface area contributed by atoms with Crippen LogP contribution >= 0.6 is 0 Å². The first-order valence-electron chi connectivity index (χ1n) is 7.80. The molecule has 6 nitrogen and oxygen atoms in total. The van der Waals surface area contributed by atoms with E-state index in [4.69, 9.17) is 4.74 Å². The van der Waals surface area contributed by atoms with Crippen LogP contribution in [0.25, 0.3) is 0 Å². The number of ether oxygens (including phenoxy) is 1. The molecule has 2 rings (SSSR count). The van der Waals surface area contributed by atoms with Crippen molar-refractivity contribution >= 4 is 10.0 Å². The largest absolute Gasteiger partial charge is 0.494 e. The lowest BCUT2D eigenvalue weighted by atomic mass is 10.2. The van der Waals surface area contributed by atoms with E-state index in [2.05, 4.69) is 9.71 Å². The fourth-order valence-corrected chi connectivity index (χ4v) is 3.26. The van der Waals surface area contributed by atoms with Crippen molar-refractivity contribution in [2.24, 2.45) is 0 Å². The van der Waals surface area contributed by atoms with Crippen LogP contribution in [0.3, 0.4) is 0 Å². The Kier molecular flexibility index (Phi) is 6.61. The summed E-state index contributed by atoms with van der Waals surface area (Å²) in [4.78, 5) is 4.25. The second-order valence-corrected chi connectivity index (χ2v) is 6.93. The molecule has 0 spiro atoms. The molecule has 126 valence electrons. The minimum atomic E-state index is -3.44. The van der Waals surface area contributed by atoms with Gasteiger partial charge in [-0.05, 0) is 44.0 Å². The normalized spacial score (nSPS) is 11.5. The molecule has 0 aliphatic heterocycles. The zero-order valence-electron chi connectivity index (χ0n) is 13.3. The highest BCUT2D eigenvalue weighted by molar-refractivity contribution is 7.89. The van der Waals surface area contributed by atoms with Gasteiger partial charge in [0, 0.05) is 25.5 Å². The van der Waals surface area contributed by atoms with E-state index >= 15 is 0 Å². The van der Waals surface area contributed by atoms with Crippen LogP contribution in [-0.2, 0) is 16.6 Å². The highest BCUT2D eigenvalue weighted by Gasteiger charge is 2.12. The van der Waals surface area contributed by atoms with Gasteiger partial charge in [0.2, 0.25) is 10.0 Å². The number of rotatable bonds is 10. The van der Waals surface area contributed by atoms with Crippen LogP contribution in [-0.4, -0.2) is 31.1 Å². The Labute approximate surface area is 137 Å². The zero-order chi connectivity index (χ0) is 16.5. The number of sulfonamides is 1. The molecule has 0 fully saturated rings. The van der Waals surface area contributed by atoms with Crippen LogP contribution in [0.15, 0.2) is 47.9 Å². The van der Waals surface area contributed by atoms with Gasteiger partial charge in [-0.2, -0.15) is 0 Å². The molecule has 0 radical (unpaired) electrons. The first-order chi connectivity index (χ1) is 11.1. The van der Waals surface area contributed by atoms with E-state index in [1.165, 1.54) is 0 Å². The predicted octanol–water partition coefficient (Wildman–Crippen LogP) is 2.43. The lowest BCUT2D eigenvalue weighted by Gasteiger charge is -2.08. The summed E-state index contributed by atoms with van der Waals surface area (Å²) in [6.45, 7) is 3.80. The summed E-state index contributed by atoms with van der Waals surface area (Å²) < 4.78 is 34.3. The molecule has 1 aromatic carbocycles. The van der Waals surface area contributed by atoms with Gasteiger partial charge in [-0.25, -0.2) is 18.1 Å². The topological polar surface area (TPSA) is 73.2 Å². The molecule has 0 saturated heterocycles. The second kappa shape index (κ2) is 8.69. The zero-order valence-corrected chi connectivity index (χ0v) is 14.1. The molecule has 0 aliphatic carbocycles. The van der Waals surface area contributed by atoms with Crippen LogP contribution < -0.4 is 9.46 Å². The molecule has 0 saturated carbocycles. The Balaban J connectivity index is 1.71. The smallest absolute Gasteiger partial charge is 0.240 e. The van der Waals surface area contributed by atoms with Crippen LogP contribution in [0.1, 0.15) is 26.2 Å². The molecule has 1 heterocycles. The monoisotopic (exact) mass is 337 g/mol. The van der Waals surface area contributed by atoms with Crippen LogP contribution in [0.4, 0.5) is 0 Å². The fraction of sp³-hybridized carbons (Fsp3) is 0.438. The number of imidazole rings is 1. The van der Waals surface area contributed by atoms with Gasteiger partial charge >= 0.3 is 0 Å². The summed E-state index contributed by atoms with van der Waals surface area (Å²) >= 11 is 0. The molecular weight excluding hydrogens is 314 g/mol. The maximum Gasteiger partial charge on any atom is 0.240 e. The van der Waals surface area contributed by atoms with Gasteiger partial charge in [-0.1, -0.05) is 6.42 Å². The van der Waals surface area contributed by atoms with Gasteiger partial charge in [0.05, 0.1) is 17.8 Å². The van der Waals surface area contributed by atoms with Gasteiger partial charge in [0.1, 0.15) is 5.75 Å². The second-order valence-electron chi connectivity index (χ2n) is 5.16. The summed E-state index contributed by atoms with van der Waals surface area (Å²) in [6.07, 6.45) is 8.24. The Morgan fingerprint density at radius 2 is 1.96 bits per heavy atom. The van der Waals surface area contributed by atoms with Crippen molar-refractivity contribution in [1.29, 1.82) is 0 Å². The number of benzene rings is 1. The van der Waals surface area contributed by atoms with E-state index in [-0.39, 0.29) is 4.90 Å². The summed E-state index contributed by atoms with van der Waals surface area (Å²) in [5, 5.41) is 0. The van der Waals surface area contributed by atoms with Gasteiger partial charge in [-0.3, -0.25) is 0 Å². The fourth-order valence-electron chi connectivity index (χ4n) is 2.19. The first-order valence-corrected chi connectivity index (χ1v) is 9.28. The molecule has 1 N–H and O–H groups in total. The molecule has 0 aliphatic rings. The van der Waals surface area contributed by atoms with Gasteiger partial charge in [0.15, 0.2) is 0 Å². The third kappa shape index (κ3) is 5.69. The van der Waals surface area contributed by atoms with Crippen molar-refractivity contribution in [2.75, 3.05) is 13.2 Å². The minimum absolute atomic E-state index is 0.263. The molecule has 0 unspecified atom stereocenters. The Bertz CT molecular complexity index is 667. The molecule has 0 amide bonds. The van der Waals surface area contributed by atoms with E-state index in [1.807, 2.05) is 17.7 Å². The Hall–Kier alpha value is -1.86. The van der Waals surface area contributed by atoms with E-state index < -0.39 is 10.0 Å². The lowest BCUT2D eigenvalue weighted by Crippen LogP contribution is -2.24. The number of hydrogen-bond acceptors (Lipinski definition) is 4. The minimum Gasteiger partial charge on any atom is -0.494 e. The molecule has 7 heteroatoms. The highest BCUT2D eigenvalue weighted by atomic mass is 32.2. The van der Waals surface area contributed by atoms with Crippen LogP contribution in [0.2, 0.25) is 0 Å². The summed E-state index contributed by atoms with van der Waals surface area (Å²) in [7, 11) is -3.44. The molecule has 23 heavy (non-hydrogen) atoms. The standard InChI is InChI=1S/C16H23N3O3S/c1-2-22-15-6-8-16(9-7-15)23(20,21)18-10-4-3-5-12-19-13-11-17-14-19/h6-9,11,13-14,18H,2-5,10,12H2,1H3. The third-order valence-electron chi connectivity index (χ3n) is 3.39. The maximum absolute atomic E-state index is 12.2. The average molecular weight is 337 g/mol. The van der Waals surface area contributed by atoms with E-state index in [9.17, 15) is 8.42 Å². The molecule has 0 bridgehead atoms. The number of aryl methyl sites for hydroxylation is 1. The number of aromatic nitrogens is 2. The molecule has 2 aromatic rings. The molecular formula is C16H23N3O3S. The summed E-state index contributed by atoms with van der Waals surface area (Å²) in [5.74, 6) is 0.672. The predicted molar refractivity (Wildman–Crippen MR) is 88.9 cm³/mol. The van der Waals surface area contributed by atoms with Crippen molar-refractivity contribution < 1.29 is 13.2 Å². The Morgan fingerprint density at radius 3 is 2.61 bits per heavy atom. The van der Waals surface area contributed by atoms with Gasteiger partial charge in [0.25, 0.3) is 0 Å². The van der Waals surface area contributed by atoms with Crippen molar-refractivity contribution in [2.45, 2.75) is 37.6 Å². The van der Waals surface area contributed by atoms with Crippen LogP contribution in [0, 0.1) is 0 Å². The number of nitrogens with zero attached hydrogens (tertiary/aromatic N) is 2. The maximum atomic E-state index is 12.2. The van der Waals surface area contributed by atoms with Gasteiger partial charge < -0.3 is 9.30 Å². The third-order valence-corrected chi connectivity index (χ3v) is 4.87. The van der Waals surface area contributed by atoms with E-state index in [0.29, 0.717) is 18.9 Å². The lowest BCUT2D eigenvalue weighted by molar-refractivity contribution is 0.340. The summed E-state index contributed by atoms with van der Waals surface area (Å²) in [6, 6.07) is 6.46. The number of hydrogen-bond donors (Lipinski definition) is 1.